The smallest absolute Gasteiger partial charge is 0.307 e. The first-order valence-electron chi connectivity index (χ1n) is 8.34. The minimum Gasteiger partial charge on any atom is -0.481 e. The van der Waals surface area contributed by atoms with Crippen LogP contribution in [-0.2, 0) is 11.2 Å². The summed E-state index contributed by atoms with van der Waals surface area (Å²) in [6.45, 7) is 2.06. The molecule has 0 unspecified atom stereocenters. The van der Waals surface area contributed by atoms with E-state index in [1.165, 1.54) is 0 Å². The lowest BCUT2D eigenvalue weighted by Gasteiger charge is -2.11. The number of benzene rings is 2. The second-order valence-electron chi connectivity index (χ2n) is 6.17. The van der Waals surface area contributed by atoms with E-state index in [2.05, 4.69) is 18.0 Å². The predicted molar refractivity (Wildman–Crippen MR) is 100 cm³/mol. The van der Waals surface area contributed by atoms with E-state index in [9.17, 15) is 4.79 Å². The number of hydrogen-bond acceptors (Lipinski definition) is 3. The highest BCUT2D eigenvalue weighted by Crippen LogP contribution is 2.29. The lowest BCUT2D eigenvalue weighted by atomic mass is 10.1. The van der Waals surface area contributed by atoms with Crippen molar-refractivity contribution in [1.29, 1.82) is 0 Å². The van der Waals surface area contributed by atoms with Gasteiger partial charge < -0.3 is 5.11 Å². The molecular formula is C21H17N3O2. The fraction of sp³-hybridized carbons (Fsp3) is 0.0952. The molecule has 0 atom stereocenters. The summed E-state index contributed by atoms with van der Waals surface area (Å²) in [5, 5.41) is 8.96. The van der Waals surface area contributed by atoms with Crippen LogP contribution in [0.3, 0.4) is 0 Å². The molecule has 2 aromatic heterocycles. The van der Waals surface area contributed by atoms with Gasteiger partial charge in [-0.25, -0.2) is 9.97 Å². The number of carbonyl (C=O) groups is 1. The highest BCUT2D eigenvalue weighted by Gasteiger charge is 2.16. The zero-order valence-electron chi connectivity index (χ0n) is 14.3. The van der Waals surface area contributed by atoms with Crippen LogP contribution in [0.1, 0.15) is 11.1 Å². The first-order valence-corrected chi connectivity index (χ1v) is 8.34. The van der Waals surface area contributed by atoms with Crippen molar-refractivity contribution in [2.75, 3.05) is 0 Å². The van der Waals surface area contributed by atoms with Crippen LogP contribution in [0.15, 0.2) is 66.9 Å². The number of carboxylic acids is 1. The lowest BCUT2D eigenvalue weighted by molar-refractivity contribution is -0.136. The summed E-state index contributed by atoms with van der Waals surface area (Å²) in [5.41, 5.74) is 5.43. The Morgan fingerprint density at radius 3 is 2.54 bits per heavy atom. The Kier molecular flexibility index (Phi) is 3.97. The molecule has 0 fully saturated rings. The highest BCUT2D eigenvalue weighted by molar-refractivity contribution is 5.80. The Balaban J connectivity index is 1.92. The number of hydrogen-bond donors (Lipinski definition) is 1. The minimum absolute atomic E-state index is 0.00779. The van der Waals surface area contributed by atoms with Crippen molar-refractivity contribution in [3.8, 4) is 17.1 Å². The molecule has 0 radical (unpaired) electrons. The molecule has 0 saturated heterocycles. The van der Waals surface area contributed by atoms with E-state index in [1.54, 1.807) is 6.20 Å². The van der Waals surface area contributed by atoms with Crippen molar-refractivity contribution in [2.24, 2.45) is 0 Å². The summed E-state index contributed by atoms with van der Waals surface area (Å²) in [5.74, 6) is -0.0177. The maximum Gasteiger partial charge on any atom is 0.307 e. The molecule has 2 aromatic carbocycles. The fourth-order valence-corrected chi connectivity index (χ4v) is 3.10. The van der Waals surface area contributed by atoms with Crippen molar-refractivity contribution in [1.82, 2.24) is 14.5 Å². The molecule has 0 aliphatic heterocycles. The van der Waals surface area contributed by atoms with Gasteiger partial charge in [-0.2, -0.15) is 0 Å². The molecule has 2 heterocycles. The third kappa shape index (κ3) is 2.84. The molecule has 0 bridgehead atoms. The summed E-state index contributed by atoms with van der Waals surface area (Å²) in [6.07, 6.45) is 1.76. The van der Waals surface area contributed by atoms with Crippen molar-refractivity contribution in [3.05, 3.63) is 78.0 Å². The van der Waals surface area contributed by atoms with E-state index in [-0.39, 0.29) is 6.42 Å². The molecule has 5 heteroatoms. The third-order valence-corrected chi connectivity index (χ3v) is 4.35. The van der Waals surface area contributed by atoms with Crippen molar-refractivity contribution in [2.45, 2.75) is 13.3 Å². The average Bonchev–Trinajstić information content (AvgIpc) is 3.01. The second kappa shape index (κ2) is 6.44. The van der Waals surface area contributed by atoms with Crippen LogP contribution >= 0.6 is 0 Å². The summed E-state index contributed by atoms with van der Waals surface area (Å²) >= 11 is 0. The Bertz CT molecular complexity index is 1100. The SMILES string of the molecule is Cc1ccccc1-c1nc2cccnc2n1-c1ccc(CC(=O)O)cc1. The van der Waals surface area contributed by atoms with Crippen molar-refractivity contribution >= 4 is 17.1 Å². The van der Waals surface area contributed by atoms with E-state index in [0.717, 1.165) is 39.4 Å². The van der Waals surface area contributed by atoms with Gasteiger partial charge in [-0.3, -0.25) is 9.36 Å². The van der Waals surface area contributed by atoms with Gasteiger partial charge in [0, 0.05) is 17.4 Å². The molecule has 0 spiro atoms. The molecule has 26 heavy (non-hydrogen) atoms. The van der Waals surface area contributed by atoms with Crippen LogP contribution in [0, 0.1) is 6.92 Å². The first kappa shape index (κ1) is 16.0. The number of pyridine rings is 1. The maximum absolute atomic E-state index is 10.9. The van der Waals surface area contributed by atoms with Crippen LogP contribution in [-0.4, -0.2) is 25.6 Å². The molecule has 0 aliphatic rings. The number of carboxylic acid groups (broad SMARTS) is 1. The number of nitrogens with zero attached hydrogens (tertiary/aromatic N) is 3. The van der Waals surface area contributed by atoms with Gasteiger partial charge in [0.15, 0.2) is 5.65 Å². The van der Waals surface area contributed by atoms with E-state index in [1.807, 2.05) is 59.2 Å². The zero-order valence-corrected chi connectivity index (χ0v) is 14.3. The van der Waals surface area contributed by atoms with Gasteiger partial charge in [0.25, 0.3) is 0 Å². The number of aromatic nitrogens is 3. The van der Waals surface area contributed by atoms with Gasteiger partial charge in [0.1, 0.15) is 11.3 Å². The van der Waals surface area contributed by atoms with E-state index in [4.69, 9.17) is 10.1 Å². The Morgan fingerprint density at radius 2 is 1.81 bits per heavy atom. The number of aliphatic carboxylic acids is 1. The first-order chi connectivity index (χ1) is 12.6. The standard InChI is InChI=1S/C21H17N3O2/c1-14-5-2-3-6-17(14)20-23-18-7-4-12-22-21(18)24(20)16-10-8-15(9-11-16)13-19(25)26/h2-12H,13H2,1H3,(H,25,26). The molecule has 0 aliphatic carbocycles. The molecule has 1 N–H and O–H groups in total. The van der Waals surface area contributed by atoms with Gasteiger partial charge in [-0.05, 0) is 42.3 Å². The highest BCUT2D eigenvalue weighted by atomic mass is 16.4. The fourth-order valence-electron chi connectivity index (χ4n) is 3.10. The maximum atomic E-state index is 10.9. The summed E-state index contributed by atoms with van der Waals surface area (Å²) in [7, 11) is 0. The number of aryl methyl sites for hydroxylation is 1. The number of imidazole rings is 1. The normalized spacial score (nSPS) is 11.0. The van der Waals surface area contributed by atoms with Gasteiger partial charge in [0.2, 0.25) is 0 Å². The number of rotatable bonds is 4. The zero-order chi connectivity index (χ0) is 18.1. The monoisotopic (exact) mass is 343 g/mol. The Morgan fingerprint density at radius 1 is 1.04 bits per heavy atom. The lowest BCUT2D eigenvalue weighted by Crippen LogP contribution is -2.02. The van der Waals surface area contributed by atoms with Crippen LogP contribution in [0.25, 0.3) is 28.2 Å². The van der Waals surface area contributed by atoms with Crippen LogP contribution in [0.2, 0.25) is 0 Å². The Hall–Kier alpha value is -3.47. The Labute approximate surface area is 150 Å². The van der Waals surface area contributed by atoms with Crippen LogP contribution < -0.4 is 0 Å². The molecule has 0 saturated carbocycles. The summed E-state index contributed by atoms with van der Waals surface area (Å²) in [6, 6.07) is 19.4. The van der Waals surface area contributed by atoms with E-state index >= 15 is 0 Å². The summed E-state index contributed by atoms with van der Waals surface area (Å²) < 4.78 is 2.02. The number of fused-ring (bicyclic) bond motifs is 1. The average molecular weight is 343 g/mol. The minimum atomic E-state index is -0.840. The van der Waals surface area contributed by atoms with Crippen LogP contribution in [0.4, 0.5) is 0 Å². The largest absolute Gasteiger partial charge is 0.481 e. The van der Waals surface area contributed by atoms with Gasteiger partial charge in [0.05, 0.1) is 6.42 Å². The van der Waals surface area contributed by atoms with Crippen LogP contribution in [0.5, 0.6) is 0 Å². The quantitative estimate of drug-likeness (QED) is 0.607. The van der Waals surface area contributed by atoms with Crippen molar-refractivity contribution in [3.63, 3.8) is 0 Å². The second-order valence-corrected chi connectivity index (χ2v) is 6.17. The molecule has 4 aromatic rings. The van der Waals surface area contributed by atoms with Gasteiger partial charge in [-0.15, -0.1) is 0 Å². The van der Waals surface area contributed by atoms with E-state index in [0.29, 0.717) is 0 Å². The van der Waals surface area contributed by atoms with Gasteiger partial charge in [-0.1, -0.05) is 36.4 Å². The van der Waals surface area contributed by atoms with Crippen molar-refractivity contribution < 1.29 is 9.90 Å². The topological polar surface area (TPSA) is 68.0 Å². The predicted octanol–water partition coefficient (Wildman–Crippen LogP) is 4.02. The molecule has 0 amide bonds. The van der Waals surface area contributed by atoms with Gasteiger partial charge >= 0.3 is 5.97 Å². The van der Waals surface area contributed by atoms with E-state index < -0.39 is 5.97 Å². The summed E-state index contributed by atoms with van der Waals surface area (Å²) in [4.78, 5) is 20.2. The molecule has 5 nitrogen and oxygen atoms in total. The molecule has 4 rings (SSSR count). The molecular weight excluding hydrogens is 326 g/mol. The molecule has 128 valence electrons. The third-order valence-electron chi connectivity index (χ3n) is 4.35.